The molecule has 4 rings (SSSR count). The normalized spacial score (nSPS) is 18.0. The molecule has 2 aromatic heterocycles. The summed E-state index contributed by atoms with van der Waals surface area (Å²) in [6.07, 6.45) is 7.41. The zero-order valence-corrected chi connectivity index (χ0v) is 15.1. The first-order valence-electron chi connectivity index (χ1n) is 8.95. The summed E-state index contributed by atoms with van der Waals surface area (Å²) >= 11 is 0. The smallest absolute Gasteiger partial charge is 0.276 e. The molecule has 2 aliphatic rings. The SMILES string of the molecule is COc1cc(N(C2CC2)C2CCN(C(=O)c3cn(C)nn3)CC2)ncn1. The number of nitrogens with zero attached hydrogens (tertiary/aromatic N) is 7. The molecular formula is C17H23N7O2. The van der Waals surface area contributed by atoms with E-state index in [9.17, 15) is 4.79 Å². The van der Waals surface area contributed by atoms with Crippen LogP contribution in [0, 0.1) is 0 Å². The highest BCUT2D eigenvalue weighted by atomic mass is 16.5. The van der Waals surface area contributed by atoms with Crippen LogP contribution in [0.5, 0.6) is 5.88 Å². The van der Waals surface area contributed by atoms with Crippen LogP contribution in [0.3, 0.4) is 0 Å². The zero-order valence-electron chi connectivity index (χ0n) is 15.1. The summed E-state index contributed by atoms with van der Waals surface area (Å²) in [5.74, 6) is 1.45. The summed E-state index contributed by atoms with van der Waals surface area (Å²) in [5, 5.41) is 7.78. The Bertz CT molecular complexity index is 781. The molecule has 0 bridgehead atoms. The van der Waals surface area contributed by atoms with Crippen LogP contribution in [0.1, 0.15) is 36.2 Å². The van der Waals surface area contributed by atoms with E-state index in [2.05, 4.69) is 25.2 Å². The van der Waals surface area contributed by atoms with Crippen LogP contribution in [-0.4, -0.2) is 68.1 Å². The maximum absolute atomic E-state index is 12.5. The lowest BCUT2D eigenvalue weighted by Crippen LogP contribution is -2.48. The summed E-state index contributed by atoms with van der Waals surface area (Å²) in [7, 11) is 3.38. The Morgan fingerprint density at radius 1 is 1.19 bits per heavy atom. The van der Waals surface area contributed by atoms with E-state index < -0.39 is 0 Å². The lowest BCUT2D eigenvalue weighted by molar-refractivity contribution is 0.0705. The van der Waals surface area contributed by atoms with Crippen molar-refractivity contribution in [2.45, 2.75) is 37.8 Å². The topological polar surface area (TPSA) is 89.3 Å². The van der Waals surface area contributed by atoms with Crippen LogP contribution in [0.4, 0.5) is 5.82 Å². The van der Waals surface area contributed by atoms with Gasteiger partial charge in [0.05, 0.1) is 13.3 Å². The molecular weight excluding hydrogens is 334 g/mol. The van der Waals surface area contributed by atoms with E-state index in [0.717, 1.165) is 18.7 Å². The minimum Gasteiger partial charge on any atom is -0.481 e. The molecule has 0 N–H and O–H groups in total. The lowest BCUT2D eigenvalue weighted by Gasteiger charge is -2.39. The van der Waals surface area contributed by atoms with Gasteiger partial charge in [-0.1, -0.05) is 5.21 Å². The standard InChI is InChI=1S/C17H23N7O2/c1-22-10-14(20-21-22)17(25)23-7-5-13(6-8-23)24(12-3-4-12)15-9-16(26-2)19-11-18-15/h9-13H,3-8H2,1-2H3. The number of piperidine rings is 1. The Hall–Kier alpha value is -2.71. The number of methoxy groups -OCH3 is 1. The maximum Gasteiger partial charge on any atom is 0.276 e. The molecule has 1 aliphatic heterocycles. The van der Waals surface area contributed by atoms with E-state index in [4.69, 9.17) is 4.74 Å². The molecule has 0 unspecified atom stereocenters. The van der Waals surface area contributed by atoms with Crippen molar-refractivity contribution in [1.82, 2.24) is 29.9 Å². The van der Waals surface area contributed by atoms with E-state index in [-0.39, 0.29) is 5.91 Å². The highest BCUT2D eigenvalue weighted by Crippen LogP contribution is 2.36. The van der Waals surface area contributed by atoms with Gasteiger partial charge in [-0.25, -0.2) is 9.97 Å². The number of aromatic nitrogens is 5. The molecule has 9 heteroatoms. The van der Waals surface area contributed by atoms with Gasteiger partial charge in [-0.3, -0.25) is 9.48 Å². The Morgan fingerprint density at radius 2 is 1.92 bits per heavy atom. The molecule has 3 heterocycles. The van der Waals surface area contributed by atoms with E-state index in [1.165, 1.54) is 12.8 Å². The first kappa shape index (κ1) is 16.7. The quantitative estimate of drug-likeness (QED) is 0.785. The number of amides is 1. The minimum absolute atomic E-state index is 0.0433. The summed E-state index contributed by atoms with van der Waals surface area (Å²) in [6.45, 7) is 1.43. The molecule has 2 aromatic rings. The molecule has 0 radical (unpaired) electrons. The third kappa shape index (κ3) is 3.33. The first-order valence-corrected chi connectivity index (χ1v) is 8.95. The van der Waals surface area contributed by atoms with E-state index in [0.29, 0.717) is 36.7 Å². The number of rotatable bonds is 5. The monoisotopic (exact) mass is 357 g/mol. The van der Waals surface area contributed by atoms with Crippen LogP contribution < -0.4 is 9.64 Å². The van der Waals surface area contributed by atoms with Crippen LogP contribution in [0.15, 0.2) is 18.6 Å². The first-order chi connectivity index (χ1) is 12.7. The number of hydrogen-bond acceptors (Lipinski definition) is 7. The second-order valence-electron chi connectivity index (χ2n) is 6.86. The third-order valence-electron chi connectivity index (χ3n) is 5.01. The molecule has 0 atom stereocenters. The van der Waals surface area contributed by atoms with Gasteiger partial charge in [0.25, 0.3) is 5.91 Å². The Morgan fingerprint density at radius 3 is 2.54 bits per heavy atom. The Kier molecular flexibility index (Phi) is 4.44. The molecule has 138 valence electrons. The van der Waals surface area contributed by atoms with Crippen LogP contribution in [-0.2, 0) is 7.05 Å². The molecule has 9 nitrogen and oxygen atoms in total. The van der Waals surface area contributed by atoms with Crippen molar-refractivity contribution in [1.29, 1.82) is 0 Å². The molecule has 0 aromatic carbocycles. The van der Waals surface area contributed by atoms with Gasteiger partial charge in [0, 0.05) is 38.3 Å². The average Bonchev–Trinajstić information content (AvgIpc) is 3.41. The largest absolute Gasteiger partial charge is 0.481 e. The van der Waals surface area contributed by atoms with Crippen LogP contribution >= 0.6 is 0 Å². The molecule has 26 heavy (non-hydrogen) atoms. The predicted molar refractivity (Wildman–Crippen MR) is 94.0 cm³/mol. The van der Waals surface area contributed by atoms with E-state index in [1.54, 1.807) is 31.4 Å². The predicted octanol–water partition coefficient (Wildman–Crippen LogP) is 0.887. The fourth-order valence-electron chi connectivity index (χ4n) is 3.56. The van der Waals surface area contributed by atoms with Crippen molar-refractivity contribution in [2.24, 2.45) is 7.05 Å². The van der Waals surface area contributed by atoms with E-state index in [1.807, 2.05) is 11.0 Å². The Balaban J connectivity index is 1.44. The minimum atomic E-state index is -0.0433. The van der Waals surface area contributed by atoms with Crippen molar-refractivity contribution in [3.8, 4) is 5.88 Å². The Labute approximate surface area is 152 Å². The molecule has 0 spiro atoms. The molecule has 1 aliphatic carbocycles. The summed E-state index contributed by atoms with van der Waals surface area (Å²) < 4.78 is 6.80. The molecule has 1 saturated heterocycles. The summed E-state index contributed by atoms with van der Waals surface area (Å²) in [4.78, 5) is 25.4. The number of ether oxygens (including phenoxy) is 1. The number of likely N-dealkylation sites (tertiary alicyclic amines) is 1. The number of hydrogen-bond donors (Lipinski definition) is 0. The second-order valence-corrected chi connectivity index (χ2v) is 6.86. The van der Waals surface area contributed by atoms with Gasteiger partial charge >= 0.3 is 0 Å². The summed E-state index contributed by atoms with van der Waals surface area (Å²) in [5.41, 5.74) is 0.408. The van der Waals surface area contributed by atoms with Crippen molar-refractivity contribution in [2.75, 3.05) is 25.1 Å². The molecule has 1 amide bonds. The number of carbonyl (C=O) groups is 1. The number of aryl methyl sites for hydroxylation is 1. The maximum atomic E-state index is 12.5. The zero-order chi connectivity index (χ0) is 18.1. The fraction of sp³-hybridized carbons (Fsp3) is 0.588. The second kappa shape index (κ2) is 6.89. The van der Waals surface area contributed by atoms with Crippen LogP contribution in [0.2, 0.25) is 0 Å². The molecule has 2 fully saturated rings. The van der Waals surface area contributed by atoms with Crippen molar-refractivity contribution >= 4 is 11.7 Å². The van der Waals surface area contributed by atoms with Crippen molar-refractivity contribution < 1.29 is 9.53 Å². The van der Waals surface area contributed by atoms with Gasteiger partial charge in [-0.05, 0) is 25.7 Å². The van der Waals surface area contributed by atoms with E-state index >= 15 is 0 Å². The number of carbonyl (C=O) groups excluding carboxylic acids is 1. The van der Waals surface area contributed by atoms with Gasteiger partial charge in [0.1, 0.15) is 12.1 Å². The lowest BCUT2D eigenvalue weighted by atomic mass is 10.0. The highest BCUT2D eigenvalue weighted by Gasteiger charge is 2.37. The van der Waals surface area contributed by atoms with Gasteiger partial charge in [0.15, 0.2) is 5.69 Å². The van der Waals surface area contributed by atoms with Crippen LogP contribution in [0.25, 0.3) is 0 Å². The van der Waals surface area contributed by atoms with Crippen molar-refractivity contribution in [3.05, 3.63) is 24.3 Å². The average molecular weight is 357 g/mol. The van der Waals surface area contributed by atoms with Gasteiger partial charge < -0.3 is 14.5 Å². The van der Waals surface area contributed by atoms with Gasteiger partial charge in [0.2, 0.25) is 5.88 Å². The molecule has 1 saturated carbocycles. The fourth-order valence-corrected chi connectivity index (χ4v) is 3.56. The van der Waals surface area contributed by atoms with Gasteiger partial charge in [-0.2, -0.15) is 0 Å². The van der Waals surface area contributed by atoms with Crippen molar-refractivity contribution in [3.63, 3.8) is 0 Å². The highest BCUT2D eigenvalue weighted by molar-refractivity contribution is 5.92. The van der Waals surface area contributed by atoms with Gasteiger partial charge in [-0.15, -0.1) is 5.10 Å². The summed E-state index contributed by atoms with van der Waals surface area (Å²) in [6, 6.07) is 2.80. The third-order valence-corrected chi connectivity index (χ3v) is 5.01. The number of anilines is 1.